The maximum Gasteiger partial charge on any atom is 0.0340 e. The zero-order valence-electron chi connectivity index (χ0n) is 24.2. The largest absolute Gasteiger partial charge is 0.313 e. The standard InChI is InChI=1S/C33H49NP2/c1-10-33(29(34-9)36(30(2,3)4)31(5,6)7)28-25(26-22-32(26,33)8)21-27(28)35(23-17-13-11-14-18-23)24-19-15-12-16-20-24/h11-20,25-29,34H,10,21-22H2,1-9H3. The first-order chi connectivity index (χ1) is 16.9. The third-order valence-electron chi connectivity index (χ3n) is 10.3. The molecule has 3 aliphatic rings. The second kappa shape index (κ2) is 9.18. The minimum absolute atomic E-state index is 0.266. The van der Waals surface area contributed by atoms with Crippen LogP contribution >= 0.6 is 15.8 Å². The van der Waals surface area contributed by atoms with Crippen molar-refractivity contribution in [2.75, 3.05) is 7.05 Å². The van der Waals surface area contributed by atoms with Crippen molar-refractivity contribution in [1.82, 2.24) is 5.32 Å². The topological polar surface area (TPSA) is 12.0 Å². The van der Waals surface area contributed by atoms with Gasteiger partial charge in [-0.05, 0) is 89.4 Å². The van der Waals surface area contributed by atoms with Crippen molar-refractivity contribution in [1.29, 1.82) is 0 Å². The van der Waals surface area contributed by atoms with Crippen LogP contribution in [-0.2, 0) is 0 Å². The molecule has 0 spiro atoms. The maximum absolute atomic E-state index is 4.09. The Hall–Kier alpha value is -0.740. The Morgan fingerprint density at radius 1 is 0.889 bits per heavy atom. The second-order valence-electron chi connectivity index (χ2n) is 14.1. The van der Waals surface area contributed by atoms with Gasteiger partial charge in [-0.3, -0.25) is 0 Å². The number of fused-ring (bicyclic) bond motifs is 3. The van der Waals surface area contributed by atoms with Gasteiger partial charge in [-0.2, -0.15) is 0 Å². The van der Waals surface area contributed by atoms with Crippen LogP contribution in [0.1, 0.15) is 74.7 Å². The lowest BCUT2D eigenvalue weighted by atomic mass is 9.57. The van der Waals surface area contributed by atoms with Gasteiger partial charge >= 0.3 is 0 Å². The summed E-state index contributed by atoms with van der Waals surface area (Å²) in [4.78, 5) is 0. The van der Waals surface area contributed by atoms with Crippen molar-refractivity contribution < 1.29 is 0 Å². The lowest BCUT2D eigenvalue weighted by Crippen LogP contribution is -2.60. The van der Waals surface area contributed by atoms with Crippen LogP contribution in [0.3, 0.4) is 0 Å². The van der Waals surface area contributed by atoms with Gasteiger partial charge in [-0.1, -0.05) is 124 Å². The van der Waals surface area contributed by atoms with E-state index in [4.69, 9.17) is 0 Å². The van der Waals surface area contributed by atoms with Crippen molar-refractivity contribution in [3.63, 3.8) is 0 Å². The molecule has 0 radical (unpaired) electrons. The molecule has 2 aromatic carbocycles. The number of hydrogen-bond donors (Lipinski definition) is 1. The minimum atomic E-state index is -0.368. The number of hydrogen-bond acceptors (Lipinski definition) is 1. The fourth-order valence-corrected chi connectivity index (χ4v) is 17.7. The monoisotopic (exact) mass is 521 g/mol. The SMILES string of the molecule is CCC1(C(NC)P(C(C)(C)C)C(C)(C)C)C2C(CC2P(c2ccccc2)c2ccccc2)C2CC21C. The zero-order valence-corrected chi connectivity index (χ0v) is 26.0. The first-order valence-corrected chi connectivity index (χ1v) is 17.1. The molecular weight excluding hydrogens is 472 g/mol. The second-order valence-corrected chi connectivity index (χ2v) is 20.4. The summed E-state index contributed by atoms with van der Waals surface area (Å²) in [6.45, 7) is 20.4. The molecule has 196 valence electrons. The fourth-order valence-electron chi connectivity index (χ4n) is 9.44. The number of benzene rings is 2. The molecule has 36 heavy (non-hydrogen) atoms. The molecule has 7 unspecified atom stereocenters. The quantitative estimate of drug-likeness (QED) is 0.362. The smallest absolute Gasteiger partial charge is 0.0340 e. The summed E-state index contributed by atoms with van der Waals surface area (Å²) in [5.41, 5.74) is 1.65. The van der Waals surface area contributed by atoms with Gasteiger partial charge < -0.3 is 5.32 Å². The van der Waals surface area contributed by atoms with Crippen LogP contribution in [0, 0.1) is 28.6 Å². The predicted octanol–water partition coefficient (Wildman–Crippen LogP) is 8.18. The van der Waals surface area contributed by atoms with E-state index in [0.717, 1.165) is 23.4 Å². The summed E-state index contributed by atoms with van der Waals surface area (Å²) in [5.74, 6) is 3.28. The van der Waals surface area contributed by atoms with Crippen molar-refractivity contribution in [2.45, 2.75) is 96.4 Å². The van der Waals surface area contributed by atoms with E-state index >= 15 is 0 Å². The molecule has 2 aromatic rings. The Balaban J connectivity index is 1.64. The average molecular weight is 522 g/mol. The van der Waals surface area contributed by atoms with E-state index in [9.17, 15) is 0 Å². The highest BCUT2D eigenvalue weighted by molar-refractivity contribution is 7.73. The van der Waals surface area contributed by atoms with E-state index < -0.39 is 0 Å². The Morgan fingerprint density at radius 2 is 1.39 bits per heavy atom. The highest BCUT2D eigenvalue weighted by Crippen LogP contribution is 2.87. The van der Waals surface area contributed by atoms with Crippen LogP contribution in [0.25, 0.3) is 0 Å². The molecule has 7 atom stereocenters. The van der Waals surface area contributed by atoms with Gasteiger partial charge in [0.25, 0.3) is 0 Å². The molecular formula is C33H49NP2. The summed E-state index contributed by atoms with van der Waals surface area (Å²) in [7, 11) is 1.67. The molecule has 3 aliphatic carbocycles. The first kappa shape index (κ1) is 26.9. The molecule has 3 saturated carbocycles. The van der Waals surface area contributed by atoms with Crippen LogP contribution in [-0.4, -0.2) is 28.8 Å². The third kappa shape index (κ3) is 3.90. The lowest BCUT2D eigenvalue weighted by Gasteiger charge is -2.62. The molecule has 1 nitrogen and oxygen atoms in total. The van der Waals surface area contributed by atoms with Gasteiger partial charge in [-0.15, -0.1) is 0 Å². The summed E-state index contributed by atoms with van der Waals surface area (Å²) in [5, 5.41) is 7.87. The molecule has 5 rings (SSSR count). The highest BCUT2D eigenvalue weighted by atomic mass is 31.1. The number of rotatable bonds is 7. The van der Waals surface area contributed by atoms with E-state index in [1.54, 1.807) is 10.6 Å². The molecule has 0 bridgehead atoms. The van der Waals surface area contributed by atoms with Crippen molar-refractivity contribution >= 4 is 26.5 Å². The van der Waals surface area contributed by atoms with Gasteiger partial charge in [0.1, 0.15) is 0 Å². The summed E-state index contributed by atoms with van der Waals surface area (Å²) in [6.07, 6.45) is 4.20. The lowest BCUT2D eigenvalue weighted by molar-refractivity contribution is 0.0121. The minimum Gasteiger partial charge on any atom is -0.313 e. The normalized spacial score (nSPS) is 34.3. The van der Waals surface area contributed by atoms with E-state index in [1.165, 1.54) is 19.3 Å². The van der Waals surface area contributed by atoms with E-state index in [2.05, 4.69) is 128 Å². The molecule has 0 heterocycles. The zero-order chi connectivity index (χ0) is 26.1. The van der Waals surface area contributed by atoms with Crippen LogP contribution in [0.5, 0.6) is 0 Å². The molecule has 0 aliphatic heterocycles. The summed E-state index contributed by atoms with van der Waals surface area (Å²) >= 11 is 0. The highest BCUT2D eigenvalue weighted by Gasteiger charge is 2.81. The van der Waals surface area contributed by atoms with Crippen molar-refractivity contribution in [3.8, 4) is 0 Å². The van der Waals surface area contributed by atoms with Crippen LogP contribution in [0.4, 0.5) is 0 Å². The van der Waals surface area contributed by atoms with Gasteiger partial charge in [0.2, 0.25) is 0 Å². The Labute approximate surface area is 224 Å². The maximum atomic E-state index is 4.09. The Morgan fingerprint density at radius 3 is 1.81 bits per heavy atom. The molecule has 3 heteroatoms. The van der Waals surface area contributed by atoms with Gasteiger partial charge in [0, 0.05) is 5.78 Å². The van der Waals surface area contributed by atoms with E-state index in [1.807, 2.05) is 0 Å². The Kier molecular flexibility index (Phi) is 6.85. The van der Waals surface area contributed by atoms with Gasteiger partial charge in [0.15, 0.2) is 0 Å². The average Bonchev–Trinajstić information content (AvgIpc) is 3.45. The third-order valence-corrected chi connectivity index (χ3v) is 17.3. The van der Waals surface area contributed by atoms with Crippen LogP contribution in [0.2, 0.25) is 0 Å². The van der Waals surface area contributed by atoms with Gasteiger partial charge in [-0.25, -0.2) is 0 Å². The van der Waals surface area contributed by atoms with Gasteiger partial charge in [0.05, 0.1) is 0 Å². The predicted molar refractivity (Wildman–Crippen MR) is 163 cm³/mol. The summed E-state index contributed by atoms with van der Waals surface area (Å²) < 4.78 is 0. The van der Waals surface area contributed by atoms with Crippen LogP contribution < -0.4 is 15.9 Å². The fraction of sp³-hybridized carbons (Fsp3) is 0.636. The van der Waals surface area contributed by atoms with E-state index in [0.29, 0.717) is 26.9 Å². The van der Waals surface area contributed by atoms with Crippen LogP contribution in [0.15, 0.2) is 60.7 Å². The molecule has 0 saturated heterocycles. The molecule has 0 aromatic heterocycles. The van der Waals surface area contributed by atoms with Crippen molar-refractivity contribution in [3.05, 3.63) is 60.7 Å². The van der Waals surface area contributed by atoms with Crippen molar-refractivity contribution in [2.24, 2.45) is 28.6 Å². The Bertz CT molecular complexity index is 1000. The molecule has 0 amide bonds. The first-order valence-electron chi connectivity index (χ1n) is 14.3. The number of nitrogens with one attached hydrogen (secondary N) is 1. The summed E-state index contributed by atoms with van der Waals surface area (Å²) in [6, 6.07) is 23.1. The molecule has 3 fully saturated rings. The molecule has 1 N–H and O–H groups in total. The van der Waals surface area contributed by atoms with E-state index in [-0.39, 0.29) is 15.8 Å².